The lowest BCUT2D eigenvalue weighted by Crippen LogP contribution is -2.55. The first-order chi connectivity index (χ1) is 9.82. The molecule has 2 heteroatoms. The normalized spacial score (nSPS) is 28.6. The maximum Gasteiger partial charge on any atom is 0.0732 e. The van der Waals surface area contributed by atoms with Gasteiger partial charge in [-0.1, -0.05) is 38.5 Å². The Morgan fingerprint density at radius 1 is 0.600 bits per heavy atom. The van der Waals surface area contributed by atoms with Gasteiger partial charge in [-0.05, 0) is 69.4 Å². The summed E-state index contributed by atoms with van der Waals surface area (Å²) in [4.78, 5) is 0. The Hall–Kier alpha value is -0.0800. The van der Waals surface area contributed by atoms with Crippen molar-refractivity contribution in [3.63, 3.8) is 0 Å². The van der Waals surface area contributed by atoms with E-state index in [-0.39, 0.29) is 5.60 Å². The van der Waals surface area contributed by atoms with Gasteiger partial charge in [0.2, 0.25) is 0 Å². The van der Waals surface area contributed by atoms with E-state index < -0.39 is 0 Å². The van der Waals surface area contributed by atoms with Gasteiger partial charge < -0.3 is 10.4 Å². The highest BCUT2D eigenvalue weighted by atomic mass is 16.3. The molecule has 0 aromatic carbocycles. The minimum absolute atomic E-state index is 0.330. The molecule has 3 fully saturated rings. The second-order valence-electron chi connectivity index (χ2n) is 7.58. The van der Waals surface area contributed by atoms with Gasteiger partial charge in [0.15, 0.2) is 0 Å². The van der Waals surface area contributed by atoms with Crippen LogP contribution in [0.1, 0.15) is 77.0 Å². The molecule has 0 aromatic heterocycles. The lowest BCUT2D eigenvalue weighted by molar-refractivity contribution is -0.140. The molecule has 20 heavy (non-hydrogen) atoms. The molecule has 3 aliphatic rings. The Labute approximate surface area is 124 Å². The largest absolute Gasteiger partial charge is 0.389 e. The van der Waals surface area contributed by atoms with E-state index in [2.05, 4.69) is 5.32 Å². The minimum atomic E-state index is -0.330. The summed E-state index contributed by atoms with van der Waals surface area (Å²) in [7, 11) is 0. The summed E-state index contributed by atoms with van der Waals surface area (Å²) in [5.74, 6) is 1.76. The molecule has 116 valence electrons. The molecule has 3 rings (SSSR count). The predicted molar refractivity (Wildman–Crippen MR) is 83.7 cm³/mol. The molecule has 1 aliphatic heterocycles. The second kappa shape index (κ2) is 6.79. The molecular formula is C18H33NO. The zero-order valence-electron chi connectivity index (χ0n) is 13.1. The third-order valence-corrected chi connectivity index (χ3v) is 6.51. The van der Waals surface area contributed by atoms with Gasteiger partial charge in [0, 0.05) is 0 Å². The van der Waals surface area contributed by atoms with Crippen molar-refractivity contribution in [1.29, 1.82) is 0 Å². The van der Waals surface area contributed by atoms with Crippen molar-refractivity contribution < 1.29 is 5.11 Å². The highest BCUT2D eigenvalue weighted by Crippen LogP contribution is 2.48. The Kier molecular flexibility index (Phi) is 5.04. The molecule has 0 radical (unpaired) electrons. The van der Waals surface area contributed by atoms with Gasteiger partial charge in [-0.2, -0.15) is 0 Å². The van der Waals surface area contributed by atoms with Crippen LogP contribution in [0.25, 0.3) is 0 Å². The lowest BCUT2D eigenvalue weighted by Gasteiger charge is -2.51. The molecule has 1 heterocycles. The molecule has 2 aliphatic carbocycles. The van der Waals surface area contributed by atoms with Crippen molar-refractivity contribution in [2.75, 3.05) is 13.1 Å². The average molecular weight is 279 g/mol. The van der Waals surface area contributed by atoms with Crippen LogP contribution in [0.3, 0.4) is 0 Å². The molecule has 2 N–H and O–H groups in total. The van der Waals surface area contributed by atoms with Crippen molar-refractivity contribution in [2.45, 2.75) is 82.7 Å². The first kappa shape index (κ1) is 14.8. The van der Waals surface area contributed by atoms with Crippen LogP contribution in [0.15, 0.2) is 0 Å². The summed E-state index contributed by atoms with van der Waals surface area (Å²) in [6.07, 6.45) is 15.7. The predicted octanol–water partition coefficient (Wildman–Crippen LogP) is 3.88. The maximum absolute atomic E-state index is 11.9. The molecule has 0 atom stereocenters. The van der Waals surface area contributed by atoms with E-state index in [1.54, 1.807) is 0 Å². The molecule has 0 amide bonds. The first-order valence-electron chi connectivity index (χ1n) is 9.25. The van der Waals surface area contributed by atoms with Crippen molar-refractivity contribution in [3.05, 3.63) is 0 Å². The topological polar surface area (TPSA) is 32.3 Å². The van der Waals surface area contributed by atoms with E-state index in [0.717, 1.165) is 13.1 Å². The summed E-state index contributed by atoms with van der Waals surface area (Å²) < 4.78 is 0. The highest BCUT2D eigenvalue weighted by molar-refractivity contribution is 5.00. The average Bonchev–Trinajstić information content (AvgIpc) is 2.56. The van der Waals surface area contributed by atoms with Gasteiger partial charge in [0.25, 0.3) is 0 Å². The van der Waals surface area contributed by atoms with Crippen LogP contribution in [0, 0.1) is 17.8 Å². The van der Waals surface area contributed by atoms with Crippen molar-refractivity contribution in [3.8, 4) is 0 Å². The SMILES string of the molecule is OC(C1CCCCC1)(C1CCCCC1)C1CCNCC1. The molecule has 2 saturated carbocycles. The van der Waals surface area contributed by atoms with Crippen LogP contribution < -0.4 is 5.32 Å². The third-order valence-electron chi connectivity index (χ3n) is 6.51. The fraction of sp³-hybridized carbons (Fsp3) is 1.00. The van der Waals surface area contributed by atoms with E-state index in [0.29, 0.717) is 17.8 Å². The van der Waals surface area contributed by atoms with E-state index in [1.807, 2.05) is 0 Å². The monoisotopic (exact) mass is 279 g/mol. The minimum Gasteiger partial charge on any atom is -0.389 e. The number of hydrogen-bond acceptors (Lipinski definition) is 2. The van der Waals surface area contributed by atoms with Crippen LogP contribution >= 0.6 is 0 Å². The molecule has 1 saturated heterocycles. The van der Waals surface area contributed by atoms with Crippen LogP contribution in [0.2, 0.25) is 0 Å². The van der Waals surface area contributed by atoms with Gasteiger partial charge in [-0.15, -0.1) is 0 Å². The molecule has 0 aromatic rings. The summed E-state index contributed by atoms with van der Waals surface area (Å²) in [6.45, 7) is 2.23. The third kappa shape index (κ3) is 2.92. The quantitative estimate of drug-likeness (QED) is 0.822. The van der Waals surface area contributed by atoms with Gasteiger partial charge in [-0.25, -0.2) is 0 Å². The zero-order valence-corrected chi connectivity index (χ0v) is 13.1. The Morgan fingerprint density at radius 3 is 1.45 bits per heavy atom. The number of rotatable bonds is 3. The van der Waals surface area contributed by atoms with Gasteiger partial charge in [-0.3, -0.25) is 0 Å². The molecule has 0 bridgehead atoms. The Morgan fingerprint density at radius 2 is 1.00 bits per heavy atom. The van der Waals surface area contributed by atoms with Crippen molar-refractivity contribution in [1.82, 2.24) is 5.32 Å². The summed E-state index contributed by atoms with van der Waals surface area (Å²) >= 11 is 0. The standard InChI is InChI=1S/C18H33NO/c20-18(15-7-3-1-4-8-15,16-9-5-2-6-10-16)17-11-13-19-14-12-17/h15-17,19-20H,1-14H2. The molecule has 0 unspecified atom stereocenters. The number of nitrogens with one attached hydrogen (secondary N) is 1. The van der Waals surface area contributed by atoms with Gasteiger partial charge >= 0.3 is 0 Å². The fourth-order valence-electron chi connectivity index (χ4n) is 5.41. The fourth-order valence-corrected chi connectivity index (χ4v) is 5.41. The lowest BCUT2D eigenvalue weighted by atomic mass is 9.59. The van der Waals surface area contributed by atoms with Crippen LogP contribution in [-0.4, -0.2) is 23.8 Å². The summed E-state index contributed by atoms with van der Waals surface area (Å²) in [5, 5.41) is 15.3. The van der Waals surface area contributed by atoms with Crippen LogP contribution in [-0.2, 0) is 0 Å². The highest BCUT2D eigenvalue weighted by Gasteiger charge is 2.49. The molecular weight excluding hydrogens is 246 g/mol. The van der Waals surface area contributed by atoms with E-state index in [4.69, 9.17) is 0 Å². The van der Waals surface area contributed by atoms with Crippen LogP contribution in [0.5, 0.6) is 0 Å². The van der Waals surface area contributed by atoms with Gasteiger partial charge in [0.1, 0.15) is 0 Å². The smallest absolute Gasteiger partial charge is 0.0732 e. The van der Waals surface area contributed by atoms with E-state index in [9.17, 15) is 5.11 Å². The number of piperidine rings is 1. The maximum atomic E-state index is 11.9. The number of aliphatic hydroxyl groups is 1. The van der Waals surface area contributed by atoms with E-state index >= 15 is 0 Å². The number of hydrogen-bond donors (Lipinski definition) is 2. The summed E-state index contributed by atoms with van der Waals surface area (Å²) in [5.41, 5.74) is -0.330. The Bertz CT molecular complexity index is 240. The Balaban J connectivity index is 1.79. The van der Waals surface area contributed by atoms with Gasteiger partial charge in [0.05, 0.1) is 5.60 Å². The van der Waals surface area contributed by atoms with E-state index in [1.165, 1.54) is 77.0 Å². The zero-order chi connectivity index (χ0) is 13.8. The van der Waals surface area contributed by atoms with Crippen molar-refractivity contribution >= 4 is 0 Å². The first-order valence-corrected chi connectivity index (χ1v) is 9.25. The molecule has 0 spiro atoms. The second-order valence-corrected chi connectivity index (χ2v) is 7.58. The summed E-state index contributed by atoms with van der Waals surface area (Å²) in [6, 6.07) is 0. The molecule has 2 nitrogen and oxygen atoms in total. The van der Waals surface area contributed by atoms with Crippen molar-refractivity contribution in [2.24, 2.45) is 17.8 Å². The van der Waals surface area contributed by atoms with Crippen LogP contribution in [0.4, 0.5) is 0 Å².